The van der Waals surface area contributed by atoms with Gasteiger partial charge in [-0.1, -0.05) is 23.9 Å². The van der Waals surface area contributed by atoms with Gasteiger partial charge < -0.3 is 15.4 Å². The van der Waals surface area contributed by atoms with E-state index in [4.69, 9.17) is 10.5 Å². The van der Waals surface area contributed by atoms with Crippen LogP contribution in [0.4, 0.5) is 5.69 Å². The van der Waals surface area contributed by atoms with Crippen molar-refractivity contribution in [1.82, 2.24) is 19.6 Å². The molecule has 150 valence electrons. The third-order valence-electron chi connectivity index (χ3n) is 4.96. The van der Waals surface area contributed by atoms with E-state index in [1.807, 2.05) is 26.8 Å². The zero-order chi connectivity index (χ0) is 20.7. The van der Waals surface area contributed by atoms with Crippen LogP contribution in [-0.2, 0) is 9.59 Å². The van der Waals surface area contributed by atoms with Crippen LogP contribution in [0.15, 0.2) is 29.4 Å². The number of nitrogens with zero attached hydrogens (tertiary/aromatic N) is 5. The molecule has 1 atom stereocenters. The molecule has 1 aromatic carbocycles. The van der Waals surface area contributed by atoms with E-state index in [-0.39, 0.29) is 18.2 Å². The summed E-state index contributed by atoms with van der Waals surface area (Å²) in [7, 11) is 0. The SMILES string of the molecule is Cc1nc2nc(SCC(=O)N3C[C@H](C(N)=O)Oc4ccccc43)nn2c(C)c1C. The minimum Gasteiger partial charge on any atom is -0.477 e. The summed E-state index contributed by atoms with van der Waals surface area (Å²) in [5, 5.41) is 4.92. The molecule has 0 bridgehead atoms. The van der Waals surface area contributed by atoms with Crippen molar-refractivity contribution in [3.8, 4) is 5.75 Å². The van der Waals surface area contributed by atoms with Crippen LogP contribution < -0.4 is 15.4 Å². The highest BCUT2D eigenvalue weighted by atomic mass is 32.2. The lowest BCUT2D eigenvalue weighted by atomic mass is 10.2. The Morgan fingerprint density at radius 2 is 2.00 bits per heavy atom. The minimum atomic E-state index is -0.884. The number of benzene rings is 1. The number of hydrogen-bond donors (Lipinski definition) is 1. The normalized spacial score (nSPS) is 15.8. The second-order valence-corrected chi connectivity index (χ2v) is 7.73. The topological polar surface area (TPSA) is 116 Å². The van der Waals surface area contributed by atoms with Gasteiger partial charge in [-0.25, -0.2) is 9.50 Å². The Labute approximate surface area is 171 Å². The molecular formula is C19H20N6O3S. The van der Waals surface area contributed by atoms with Gasteiger partial charge in [0.15, 0.2) is 6.10 Å². The standard InChI is InChI=1S/C19H20N6O3S/c1-10-11(2)21-18-22-19(23-25(18)12(10)3)29-9-16(26)24-8-15(17(20)27)28-14-7-5-4-6-13(14)24/h4-7,15H,8-9H2,1-3H3,(H2,20,27)/t15-/m1/s1. The van der Waals surface area contributed by atoms with E-state index in [0.717, 1.165) is 17.0 Å². The Bertz CT molecular complexity index is 1130. The van der Waals surface area contributed by atoms with Crippen molar-refractivity contribution in [2.45, 2.75) is 32.0 Å². The fraction of sp³-hybridized carbons (Fsp3) is 0.316. The molecule has 1 aliphatic heterocycles. The fourth-order valence-corrected chi connectivity index (χ4v) is 3.82. The molecule has 29 heavy (non-hydrogen) atoms. The monoisotopic (exact) mass is 412 g/mol. The van der Waals surface area contributed by atoms with E-state index in [2.05, 4.69) is 15.1 Å². The number of carbonyl (C=O) groups is 2. The van der Waals surface area contributed by atoms with E-state index in [1.165, 1.54) is 16.7 Å². The number of para-hydroxylation sites is 2. The van der Waals surface area contributed by atoms with Crippen LogP contribution in [0.3, 0.4) is 0 Å². The van der Waals surface area contributed by atoms with Gasteiger partial charge in [0.2, 0.25) is 11.1 Å². The molecule has 10 heteroatoms. The molecular weight excluding hydrogens is 392 g/mol. The minimum absolute atomic E-state index is 0.0728. The summed E-state index contributed by atoms with van der Waals surface area (Å²) in [5.74, 6) is 0.268. The van der Waals surface area contributed by atoms with Gasteiger partial charge in [-0.2, -0.15) is 4.98 Å². The predicted octanol–water partition coefficient (Wildman–Crippen LogP) is 1.42. The average molecular weight is 412 g/mol. The van der Waals surface area contributed by atoms with E-state index in [0.29, 0.717) is 22.4 Å². The number of fused-ring (bicyclic) bond motifs is 2. The summed E-state index contributed by atoms with van der Waals surface area (Å²) < 4.78 is 7.28. The molecule has 3 heterocycles. The average Bonchev–Trinajstić information content (AvgIpc) is 3.12. The van der Waals surface area contributed by atoms with Gasteiger partial charge >= 0.3 is 0 Å². The highest BCUT2D eigenvalue weighted by Gasteiger charge is 2.32. The van der Waals surface area contributed by atoms with Gasteiger partial charge in [-0.05, 0) is 38.5 Å². The smallest absolute Gasteiger partial charge is 0.260 e. The lowest BCUT2D eigenvalue weighted by Gasteiger charge is -2.33. The Hall–Kier alpha value is -3.14. The summed E-state index contributed by atoms with van der Waals surface area (Å²) in [6, 6.07) is 7.07. The van der Waals surface area contributed by atoms with E-state index >= 15 is 0 Å². The largest absolute Gasteiger partial charge is 0.477 e. The van der Waals surface area contributed by atoms with Crippen molar-refractivity contribution in [2.75, 3.05) is 17.2 Å². The molecule has 4 rings (SSSR count). The molecule has 2 N–H and O–H groups in total. The number of hydrogen-bond acceptors (Lipinski definition) is 7. The molecule has 2 amide bonds. The van der Waals surface area contributed by atoms with Crippen molar-refractivity contribution in [3.63, 3.8) is 0 Å². The molecule has 0 aliphatic carbocycles. The third kappa shape index (κ3) is 3.51. The molecule has 3 aromatic rings. The zero-order valence-electron chi connectivity index (χ0n) is 16.2. The number of rotatable bonds is 4. The van der Waals surface area contributed by atoms with Gasteiger partial charge in [0, 0.05) is 11.4 Å². The quantitative estimate of drug-likeness (QED) is 0.644. The first-order valence-electron chi connectivity index (χ1n) is 9.04. The summed E-state index contributed by atoms with van der Waals surface area (Å²) in [6.07, 6.45) is -0.884. The van der Waals surface area contributed by atoms with E-state index in [9.17, 15) is 9.59 Å². The van der Waals surface area contributed by atoms with Crippen LogP contribution in [-0.4, -0.2) is 49.8 Å². The van der Waals surface area contributed by atoms with Crippen LogP contribution in [0, 0.1) is 20.8 Å². The Balaban J connectivity index is 1.54. The van der Waals surface area contributed by atoms with Gasteiger partial charge in [-0.15, -0.1) is 5.10 Å². The van der Waals surface area contributed by atoms with Crippen molar-refractivity contribution >= 4 is 35.0 Å². The summed E-state index contributed by atoms with van der Waals surface area (Å²) in [6.45, 7) is 5.95. The number of aryl methyl sites for hydroxylation is 2. The van der Waals surface area contributed by atoms with Crippen molar-refractivity contribution in [3.05, 3.63) is 41.2 Å². The van der Waals surface area contributed by atoms with Crippen molar-refractivity contribution in [2.24, 2.45) is 5.73 Å². The van der Waals surface area contributed by atoms with Crippen LogP contribution in [0.25, 0.3) is 5.78 Å². The maximum absolute atomic E-state index is 12.9. The molecule has 0 unspecified atom stereocenters. The van der Waals surface area contributed by atoms with Gasteiger partial charge in [0.05, 0.1) is 18.0 Å². The predicted molar refractivity (Wildman–Crippen MR) is 108 cm³/mol. The number of primary amides is 1. The number of thioether (sulfide) groups is 1. The molecule has 2 aromatic heterocycles. The van der Waals surface area contributed by atoms with Crippen LogP contribution in [0.2, 0.25) is 0 Å². The molecule has 0 saturated heterocycles. The van der Waals surface area contributed by atoms with Crippen molar-refractivity contribution in [1.29, 1.82) is 0 Å². The highest BCUT2D eigenvalue weighted by Crippen LogP contribution is 2.33. The maximum Gasteiger partial charge on any atom is 0.260 e. The highest BCUT2D eigenvalue weighted by molar-refractivity contribution is 7.99. The lowest BCUT2D eigenvalue weighted by molar-refractivity contribution is -0.125. The van der Waals surface area contributed by atoms with Gasteiger partial charge in [0.25, 0.3) is 11.7 Å². The Kier molecular flexibility index (Phi) is 4.87. The second-order valence-electron chi connectivity index (χ2n) is 6.78. The second kappa shape index (κ2) is 7.36. The summed E-state index contributed by atoms with van der Waals surface area (Å²) >= 11 is 1.22. The summed E-state index contributed by atoms with van der Waals surface area (Å²) in [5.41, 5.74) is 8.93. The number of amides is 2. The van der Waals surface area contributed by atoms with Gasteiger partial charge in [-0.3, -0.25) is 9.59 Å². The van der Waals surface area contributed by atoms with E-state index < -0.39 is 12.0 Å². The first-order chi connectivity index (χ1) is 13.8. The van der Waals surface area contributed by atoms with Crippen molar-refractivity contribution < 1.29 is 14.3 Å². The lowest BCUT2D eigenvalue weighted by Crippen LogP contribution is -2.49. The molecule has 0 spiro atoms. The molecule has 0 saturated carbocycles. The molecule has 1 aliphatic rings. The number of ether oxygens (including phenoxy) is 1. The third-order valence-corrected chi connectivity index (χ3v) is 5.78. The fourth-order valence-electron chi connectivity index (χ4n) is 3.12. The molecule has 0 fully saturated rings. The van der Waals surface area contributed by atoms with Crippen LogP contribution in [0.1, 0.15) is 17.0 Å². The number of nitrogens with two attached hydrogens (primary N) is 1. The van der Waals surface area contributed by atoms with Gasteiger partial charge in [0.1, 0.15) is 5.75 Å². The van der Waals surface area contributed by atoms with Crippen LogP contribution >= 0.6 is 11.8 Å². The molecule has 9 nitrogen and oxygen atoms in total. The number of carbonyl (C=O) groups excluding carboxylic acids is 2. The Morgan fingerprint density at radius 3 is 2.76 bits per heavy atom. The summed E-state index contributed by atoms with van der Waals surface area (Å²) in [4.78, 5) is 34.9. The number of aromatic nitrogens is 4. The zero-order valence-corrected chi connectivity index (χ0v) is 17.1. The maximum atomic E-state index is 12.9. The molecule has 0 radical (unpaired) electrons. The van der Waals surface area contributed by atoms with Crippen LogP contribution in [0.5, 0.6) is 5.75 Å². The Morgan fingerprint density at radius 1 is 1.24 bits per heavy atom. The number of anilines is 1. The first-order valence-corrected chi connectivity index (χ1v) is 10.0. The first kappa shape index (κ1) is 19.2. The van der Waals surface area contributed by atoms with E-state index in [1.54, 1.807) is 22.7 Å².